The van der Waals surface area contributed by atoms with Gasteiger partial charge in [-0.15, -0.1) is 0 Å². The number of aryl methyl sites for hydroxylation is 1. The molecule has 7 nitrogen and oxygen atoms in total. The Labute approximate surface area is 144 Å². The van der Waals surface area contributed by atoms with Crippen LogP contribution in [0.3, 0.4) is 0 Å². The van der Waals surface area contributed by atoms with Crippen molar-refractivity contribution in [2.24, 2.45) is 0 Å². The van der Waals surface area contributed by atoms with Gasteiger partial charge in [-0.05, 0) is 18.6 Å². The minimum atomic E-state index is -1.06. The fourth-order valence-corrected chi connectivity index (χ4v) is 3.13. The summed E-state index contributed by atoms with van der Waals surface area (Å²) in [4.78, 5) is 22.2. The highest BCUT2D eigenvalue weighted by molar-refractivity contribution is 7.98. The van der Waals surface area contributed by atoms with Crippen LogP contribution in [-0.2, 0) is 16.9 Å². The van der Waals surface area contributed by atoms with Crippen molar-refractivity contribution in [2.45, 2.75) is 24.3 Å². The summed E-state index contributed by atoms with van der Waals surface area (Å²) in [5.74, 6) is 0.880. The van der Waals surface area contributed by atoms with Gasteiger partial charge in [-0.3, -0.25) is 0 Å². The van der Waals surface area contributed by atoms with Gasteiger partial charge in [0, 0.05) is 24.8 Å². The molecular weight excluding hydrogens is 330 g/mol. The van der Waals surface area contributed by atoms with E-state index in [9.17, 15) is 4.79 Å². The zero-order chi connectivity index (χ0) is 16.9. The van der Waals surface area contributed by atoms with Crippen molar-refractivity contribution in [3.05, 3.63) is 35.4 Å². The van der Waals surface area contributed by atoms with Crippen molar-refractivity contribution < 1.29 is 19.1 Å². The molecule has 0 bridgehead atoms. The third kappa shape index (κ3) is 4.07. The number of aromatic carboxylic acids is 1. The lowest BCUT2D eigenvalue weighted by Crippen LogP contribution is -2.37. The Morgan fingerprint density at radius 3 is 2.79 bits per heavy atom. The molecule has 2 aromatic heterocycles. The molecule has 24 heavy (non-hydrogen) atoms. The molecule has 1 fully saturated rings. The summed E-state index contributed by atoms with van der Waals surface area (Å²) in [5.41, 5.74) is 0.986. The van der Waals surface area contributed by atoms with E-state index >= 15 is 0 Å². The Morgan fingerprint density at radius 2 is 2.12 bits per heavy atom. The van der Waals surface area contributed by atoms with E-state index in [1.807, 2.05) is 6.07 Å². The maximum atomic E-state index is 10.9. The van der Waals surface area contributed by atoms with E-state index in [4.69, 9.17) is 14.3 Å². The molecule has 0 radical (unpaired) electrons. The highest BCUT2D eigenvalue weighted by Gasteiger charge is 2.15. The number of ether oxygens (including phenoxy) is 1. The molecule has 1 aliphatic heterocycles. The van der Waals surface area contributed by atoms with Crippen LogP contribution in [0, 0.1) is 0 Å². The van der Waals surface area contributed by atoms with E-state index in [1.54, 1.807) is 6.07 Å². The molecule has 8 heteroatoms. The summed E-state index contributed by atoms with van der Waals surface area (Å²) in [6, 6.07) is 5.15. The van der Waals surface area contributed by atoms with Crippen molar-refractivity contribution >= 4 is 23.5 Å². The highest BCUT2D eigenvalue weighted by Crippen LogP contribution is 2.24. The molecule has 3 rings (SSSR count). The molecular formula is C16H19N3O4S. The first kappa shape index (κ1) is 16.8. The van der Waals surface area contributed by atoms with Crippen molar-refractivity contribution in [1.82, 2.24) is 9.97 Å². The lowest BCUT2D eigenvalue weighted by Gasteiger charge is -2.28. The third-order valence-electron chi connectivity index (χ3n) is 3.66. The van der Waals surface area contributed by atoms with Gasteiger partial charge < -0.3 is 19.2 Å². The summed E-state index contributed by atoms with van der Waals surface area (Å²) in [6.45, 7) is 5.12. The predicted molar refractivity (Wildman–Crippen MR) is 89.7 cm³/mol. The summed E-state index contributed by atoms with van der Waals surface area (Å²) in [7, 11) is 0. The summed E-state index contributed by atoms with van der Waals surface area (Å²) in [5, 5.41) is 9.56. The lowest BCUT2D eigenvalue weighted by molar-refractivity contribution is 0.0661. The van der Waals surface area contributed by atoms with Crippen molar-refractivity contribution in [2.75, 3.05) is 31.2 Å². The van der Waals surface area contributed by atoms with Crippen LogP contribution >= 0.6 is 11.8 Å². The molecule has 1 saturated heterocycles. The van der Waals surface area contributed by atoms with Gasteiger partial charge in [0.2, 0.25) is 5.76 Å². The zero-order valence-electron chi connectivity index (χ0n) is 13.4. The standard InChI is InChI=1S/C16H19N3O4S/c1-2-11-9-14(19-5-7-22-8-6-19)18-16(17-11)24-10-12-3-4-13(23-12)15(20)21/h3-4,9H,2,5-8,10H2,1H3,(H,20,21). The second-order valence-corrected chi connectivity index (χ2v) is 6.26. The number of carboxylic acids is 1. The number of morpholine rings is 1. The Hall–Kier alpha value is -2.06. The van der Waals surface area contributed by atoms with Crippen LogP contribution in [-0.4, -0.2) is 47.3 Å². The van der Waals surface area contributed by atoms with Gasteiger partial charge in [0.15, 0.2) is 5.16 Å². The van der Waals surface area contributed by atoms with E-state index in [-0.39, 0.29) is 5.76 Å². The minimum absolute atomic E-state index is 0.0529. The van der Waals surface area contributed by atoms with Crippen LogP contribution in [0.4, 0.5) is 5.82 Å². The summed E-state index contributed by atoms with van der Waals surface area (Å²) >= 11 is 1.44. The van der Waals surface area contributed by atoms with Gasteiger partial charge >= 0.3 is 5.97 Å². The number of carboxylic acid groups (broad SMARTS) is 1. The molecule has 0 aromatic carbocycles. The van der Waals surface area contributed by atoms with Crippen molar-refractivity contribution in [1.29, 1.82) is 0 Å². The number of furan rings is 1. The van der Waals surface area contributed by atoms with Crippen LogP contribution in [0.5, 0.6) is 0 Å². The number of thioether (sulfide) groups is 1. The molecule has 0 atom stereocenters. The molecule has 0 saturated carbocycles. The number of nitrogens with zero attached hydrogens (tertiary/aromatic N) is 3. The Balaban J connectivity index is 1.72. The van der Waals surface area contributed by atoms with E-state index in [0.717, 1.165) is 31.0 Å². The van der Waals surface area contributed by atoms with Gasteiger partial charge in [0.25, 0.3) is 0 Å². The molecule has 0 aliphatic carbocycles. The number of hydrogen-bond donors (Lipinski definition) is 1. The molecule has 1 N–H and O–H groups in total. The first-order valence-electron chi connectivity index (χ1n) is 7.81. The first-order valence-corrected chi connectivity index (χ1v) is 8.79. The van der Waals surface area contributed by atoms with Crippen molar-refractivity contribution in [3.8, 4) is 0 Å². The molecule has 3 heterocycles. The molecule has 0 amide bonds. The summed E-state index contributed by atoms with van der Waals surface area (Å²) in [6.07, 6.45) is 0.831. The Morgan fingerprint density at radius 1 is 1.33 bits per heavy atom. The van der Waals surface area contributed by atoms with E-state index in [0.29, 0.717) is 29.9 Å². The first-order chi connectivity index (χ1) is 11.7. The minimum Gasteiger partial charge on any atom is -0.475 e. The summed E-state index contributed by atoms with van der Waals surface area (Å²) < 4.78 is 10.7. The number of carbonyl (C=O) groups is 1. The van der Waals surface area contributed by atoms with Crippen LogP contribution in [0.1, 0.15) is 28.9 Å². The Bertz CT molecular complexity index is 713. The van der Waals surface area contributed by atoms with E-state index < -0.39 is 5.97 Å². The number of hydrogen-bond acceptors (Lipinski definition) is 7. The second-order valence-electron chi connectivity index (χ2n) is 5.31. The smallest absolute Gasteiger partial charge is 0.371 e. The van der Waals surface area contributed by atoms with Gasteiger partial charge in [-0.2, -0.15) is 0 Å². The van der Waals surface area contributed by atoms with Crippen LogP contribution in [0.15, 0.2) is 27.8 Å². The van der Waals surface area contributed by atoms with E-state index in [1.165, 1.54) is 17.8 Å². The fraction of sp³-hybridized carbons (Fsp3) is 0.438. The van der Waals surface area contributed by atoms with Crippen LogP contribution in [0.25, 0.3) is 0 Å². The zero-order valence-corrected chi connectivity index (χ0v) is 14.2. The topological polar surface area (TPSA) is 88.7 Å². The van der Waals surface area contributed by atoms with Gasteiger partial charge in [0.1, 0.15) is 11.6 Å². The second kappa shape index (κ2) is 7.67. The van der Waals surface area contributed by atoms with Crippen LogP contribution in [0.2, 0.25) is 0 Å². The normalized spacial score (nSPS) is 14.8. The fourth-order valence-electron chi connectivity index (χ4n) is 2.37. The average Bonchev–Trinajstić information content (AvgIpc) is 3.10. The average molecular weight is 349 g/mol. The van der Waals surface area contributed by atoms with Crippen LogP contribution < -0.4 is 4.90 Å². The molecule has 1 aliphatic rings. The monoisotopic (exact) mass is 349 g/mol. The molecule has 0 unspecified atom stereocenters. The van der Waals surface area contributed by atoms with Gasteiger partial charge in [0.05, 0.1) is 19.0 Å². The highest BCUT2D eigenvalue weighted by atomic mass is 32.2. The molecule has 128 valence electrons. The largest absolute Gasteiger partial charge is 0.475 e. The molecule has 0 spiro atoms. The SMILES string of the molecule is CCc1cc(N2CCOCC2)nc(SCc2ccc(C(=O)O)o2)n1. The maximum Gasteiger partial charge on any atom is 0.371 e. The quantitative estimate of drug-likeness (QED) is 0.628. The lowest BCUT2D eigenvalue weighted by atomic mass is 10.3. The third-order valence-corrected chi connectivity index (χ3v) is 4.53. The van der Waals surface area contributed by atoms with Gasteiger partial charge in [-0.25, -0.2) is 14.8 Å². The Kier molecular flexibility index (Phi) is 5.37. The maximum absolute atomic E-state index is 10.9. The van der Waals surface area contributed by atoms with Gasteiger partial charge in [-0.1, -0.05) is 18.7 Å². The molecule has 2 aromatic rings. The predicted octanol–water partition coefficient (Wildman–Crippen LogP) is 2.46. The number of aromatic nitrogens is 2. The van der Waals surface area contributed by atoms with E-state index in [2.05, 4.69) is 21.8 Å². The number of rotatable bonds is 6. The van der Waals surface area contributed by atoms with Crippen molar-refractivity contribution in [3.63, 3.8) is 0 Å². The number of anilines is 1.